The van der Waals surface area contributed by atoms with E-state index in [0.29, 0.717) is 17.5 Å². The highest BCUT2D eigenvalue weighted by molar-refractivity contribution is 6.17. The minimum atomic E-state index is 0.547. The van der Waals surface area contributed by atoms with Gasteiger partial charge in [0.05, 0.1) is 77.6 Å². The average Bonchev–Trinajstić information content (AvgIpc) is 1.58. The highest BCUT2D eigenvalue weighted by Crippen LogP contribution is 2.47. The van der Waals surface area contributed by atoms with Gasteiger partial charge in [0.15, 0.2) is 17.5 Å². The Morgan fingerprint density at radius 2 is 0.444 bits per heavy atom. The van der Waals surface area contributed by atoms with Gasteiger partial charge in [0.2, 0.25) is 0 Å². The number of rotatable bonds is 10. The molecule has 0 radical (unpaired) electrons. The lowest BCUT2D eigenvalue weighted by atomic mass is 10.00. The van der Waals surface area contributed by atoms with Crippen LogP contribution in [0.3, 0.4) is 0 Å². The zero-order valence-corrected chi connectivity index (χ0v) is 58.1. The van der Waals surface area contributed by atoms with E-state index < -0.39 is 0 Å². The smallest absolute Gasteiger partial charge is 0.164 e. The van der Waals surface area contributed by atoms with E-state index in [1.807, 2.05) is 42.6 Å². The van der Waals surface area contributed by atoms with Crippen molar-refractivity contribution in [1.29, 1.82) is 0 Å². The van der Waals surface area contributed by atoms with E-state index in [4.69, 9.17) is 19.9 Å². The van der Waals surface area contributed by atoms with Crippen molar-refractivity contribution in [3.8, 4) is 79.4 Å². The summed E-state index contributed by atoms with van der Waals surface area (Å²) in [7, 11) is 0. The first-order valence-electron chi connectivity index (χ1n) is 36.7. The molecule has 0 spiro atoms. The highest BCUT2D eigenvalue weighted by Gasteiger charge is 2.27. The van der Waals surface area contributed by atoms with Gasteiger partial charge >= 0.3 is 0 Å². The Bertz CT molecular complexity index is 7080. The van der Waals surface area contributed by atoms with Crippen LogP contribution in [-0.4, -0.2) is 47.3 Å². The molecule has 0 bridgehead atoms. The first-order chi connectivity index (χ1) is 53.6. The minimum absolute atomic E-state index is 0.547. The van der Waals surface area contributed by atoms with E-state index in [0.717, 1.165) is 150 Å². The van der Waals surface area contributed by atoms with E-state index in [2.05, 4.69) is 349 Å². The molecule has 0 atom stereocenters. The van der Waals surface area contributed by atoms with Crippen LogP contribution in [0.25, 0.3) is 210 Å². The van der Waals surface area contributed by atoms with Gasteiger partial charge in [0, 0.05) is 128 Å². The normalized spacial score (nSPS) is 12.1. The third-order valence-electron chi connectivity index (χ3n) is 22.3. The molecule has 0 amide bonds. The molecule has 0 fully saturated rings. The number of pyridine rings is 1. The van der Waals surface area contributed by atoms with Gasteiger partial charge < -0.3 is 27.4 Å². The summed E-state index contributed by atoms with van der Waals surface area (Å²) in [6.45, 7) is 0. The van der Waals surface area contributed by atoms with E-state index in [9.17, 15) is 0 Å². The van der Waals surface area contributed by atoms with Gasteiger partial charge in [-0.1, -0.05) is 218 Å². The lowest BCUT2D eigenvalue weighted by molar-refractivity contribution is 1.07. The second kappa shape index (κ2) is 23.4. The summed E-state index contributed by atoms with van der Waals surface area (Å²) >= 11 is 0. The molecule has 0 saturated carbocycles. The number of aromatic nitrogens is 10. The predicted molar refractivity (Wildman–Crippen MR) is 445 cm³/mol. The van der Waals surface area contributed by atoms with Crippen LogP contribution in [0.5, 0.6) is 0 Å². The maximum atomic E-state index is 5.42. The average molecular weight is 1380 g/mol. The van der Waals surface area contributed by atoms with Crippen LogP contribution in [0.2, 0.25) is 0 Å². The Balaban J connectivity index is 0.812. The molecule has 8 aromatic heterocycles. The molecule has 0 saturated heterocycles. The molecule has 0 aliphatic rings. The lowest BCUT2D eigenvalue weighted by Gasteiger charge is -2.19. The number of fused-ring (bicyclic) bond motifs is 18. The number of hydrogen-bond donors (Lipinski definition) is 0. The molecule has 108 heavy (non-hydrogen) atoms. The Labute approximate surface area is 618 Å². The van der Waals surface area contributed by atoms with E-state index in [1.54, 1.807) is 0 Å². The number of nitrogens with zero attached hydrogens (tertiary/aromatic N) is 10. The van der Waals surface area contributed by atoms with Crippen molar-refractivity contribution in [3.63, 3.8) is 0 Å². The van der Waals surface area contributed by atoms with Crippen LogP contribution in [0, 0.1) is 0 Å². The van der Waals surface area contributed by atoms with Crippen molar-refractivity contribution in [2.45, 2.75) is 0 Å². The molecule has 23 rings (SSSR count). The molecular formula is C98H60N10. The van der Waals surface area contributed by atoms with Crippen LogP contribution in [0.1, 0.15) is 0 Å². The summed E-state index contributed by atoms with van der Waals surface area (Å²) in [5.41, 5.74) is 24.0. The van der Waals surface area contributed by atoms with Crippen molar-refractivity contribution >= 4 is 131 Å². The summed E-state index contributed by atoms with van der Waals surface area (Å²) in [5, 5.41) is 14.1. The van der Waals surface area contributed by atoms with E-state index >= 15 is 0 Å². The number of benzene rings is 15. The van der Waals surface area contributed by atoms with Crippen LogP contribution in [0.15, 0.2) is 364 Å². The van der Waals surface area contributed by atoms with Gasteiger partial charge in [-0.05, 0) is 133 Å². The van der Waals surface area contributed by atoms with Crippen molar-refractivity contribution < 1.29 is 0 Å². The zero-order chi connectivity index (χ0) is 70.7. The molecule has 10 nitrogen and oxygen atoms in total. The standard InChI is InChI=1S/C98H60N10/c1-3-23-61(24-4-1)96-100-97(62-25-5-2-6-26-62)102-98(101-96)63-43-48-76(95(55-63)108-92-51-46-66(105-86-39-19-11-31-72(86)73-32-12-20-40-87(73)105)58-79(92)80-59-67(47-52-93(80)108)106-88-41-21-13-33-74(88)75-34-14-22-42-89(75)106)81-60-99-54-53-94(81)107-90-49-44-64(103-82-35-15-7-27-68(82)69-28-8-16-36-83(69)103)56-77(90)78-57-65(45-50-91(78)107)104-84-37-17-9-29-70(84)71-30-10-18-38-85(71)104/h1-60H. The van der Waals surface area contributed by atoms with Crippen molar-refractivity contribution in [2.24, 2.45) is 0 Å². The molecule has 23 aromatic rings. The molecule has 15 aromatic carbocycles. The third-order valence-corrected chi connectivity index (χ3v) is 22.3. The minimum Gasteiger partial charge on any atom is -0.309 e. The van der Waals surface area contributed by atoms with E-state index in [-0.39, 0.29) is 0 Å². The van der Waals surface area contributed by atoms with Gasteiger partial charge in [-0.25, -0.2) is 15.0 Å². The molecule has 0 aliphatic heterocycles. The Kier molecular flexibility index (Phi) is 12.9. The molecule has 0 unspecified atom stereocenters. The third kappa shape index (κ3) is 8.89. The summed E-state index contributed by atoms with van der Waals surface area (Å²) in [5.74, 6) is 1.71. The fraction of sp³-hybridized carbons (Fsp3) is 0. The Hall–Kier alpha value is -14.7. The maximum absolute atomic E-state index is 5.42. The molecule has 0 aliphatic carbocycles. The second-order valence-corrected chi connectivity index (χ2v) is 28.1. The monoisotopic (exact) mass is 1380 g/mol. The summed E-state index contributed by atoms with van der Waals surface area (Å²) < 4.78 is 14.7. The zero-order valence-electron chi connectivity index (χ0n) is 58.1. The van der Waals surface area contributed by atoms with Crippen LogP contribution >= 0.6 is 0 Å². The number of hydrogen-bond acceptors (Lipinski definition) is 4. The fourth-order valence-corrected chi connectivity index (χ4v) is 17.7. The van der Waals surface area contributed by atoms with Gasteiger partial charge in [-0.15, -0.1) is 0 Å². The largest absolute Gasteiger partial charge is 0.309 e. The van der Waals surface area contributed by atoms with Crippen molar-refractivity contribution in [3.05, 3.63) is 364 Å². The molecular weight excluding hydrogens is 1320 g/mol. The predicted octanol–water partition coefficient (Wildman–Crippen LogP) is 24.5. The molecule has 502 valence electrons. The van der Waals surface area contributed by atoms with Crippen molar-refractivity contribution in [1.82, 2.24) is 47.3 Å². The molecule has 0 N–H and O–H groups in total. The van der Waals surface area contributed by atoms with Crippen molar-refractivity contribution in [2.75, 3.05) is 0 Å². The van der Waals surface area contributed by atoms with Crippen LogP contribution in [0.4, 0.5) is 0 Å². The topological polar surface area (TPSA) is 81.1 Å². The summed E-state index contributed by atoms with van der Waals surface area (Å²) in [6.07, 6.45) is 4.00. The molecule has 10 heteroatoms. The van der Waals surface area contributed by atoms with Gasteiger partial charge in [0.1, 0.15) is 0 Å². The first-order valence-corrected chi connectivity index (χ1v) is 36.7. The van der Waals surface area contributed by atoms with Gasteiger partial charge in [-0.3, -0.25) is 4.98 Å². The SMILES string of the molecule is c1ccc(-c2nc(-c3ccccc3)nc(-c3ccc(-c4cnccc4-n4c5ccc(-n6c7ccccc7c7ccccc76)cc5c5cc(-n6c7ccccc7c7ccccc76)ccc54)c(-n4c5ccc(-n6c7ccccc7c7ccccc76)cc5c5cc(-n6c7ccccc7c7ccccc76)ccc54)c3)n2)cc1. The maximum Gasteiger partial charge on any atom is 0.164 e. The lowest BCUT2D eigenvalue weighted by Crippen LogP contribution is -2.04. The summed E-state index contributed by atoms with van der Waals surface area (Å²) in [6, 6.07) is 128. The number of para-hydroxylation sites is 8. The first kappa shape index (κ1) is 59.8. The quantitative estimate of drug-likeness (QED) is 0.137. The Morgan fingerprint density at radius 3 is 0.759 bits per heavy atom. The van der Waals surface area contributed by atoms with Gasteiger partial charge in [0.25, 0.3) is 0 Å². The summed E-state index contributed by atoms with van der Waals surface area (Å²) in [4.78, 5) is 21.2. The fourth-order valence-electron chi connectivity index (χ4n) is 17.7. The van der Waals surface area contributed by atoms with E-state index in [1.165, 1.54) is 43.1 Å². The second-order valence-electron chi connectivity index (χ2n) is 28.1. The molecule has 8 heterocycles. The van der Waals surface area contributed by atoms with Crippen LogP contribution in [-0.2, 0) is 0 Å². The Morgan fingerprint density at radius 1 is 0.176 bits per heavy atom. The van der Waals surface area contributed by atoms with Gasteiger partial charge in [-0.2, -0.15) is 0 Å². The highest BCUT2D eigenvalue weighted by atomic mass is 15.1. The van der Waals surface area contributed by atoms with Crippen LogP contribution < -0.4 is 0 Å².